The van der Waals surface area contributed by atoms with E-state index >= 15 is 0 Å². The van der Waals surface area contributed by atoms with Crippen molar-refractivity contribution in [2.45, 2.75) is 6.18 Å². The lowest BCUT2D eigenvalue weighted by atomic mass is 10.2. The highest BCUT2D eigenvalue weighted by atomic mass is 35.5. The molecule has 0 aliphatic heterocycles. The summed E-state index contributed by atoms with van der Waals surface area (Å²) < 4.78 is 42.8. The van der Waals surface area contributed by atoms with E-state index in [0.717, 1.165) is 12.1 Å². The van der Waals surface area contributed by atoms with Crippen molar-refractivity contribution in [2.75, 3.05) is 0 Å². The predicted molar refractivity (Wildman–Crippen MR) is 63.6 cm³/mol. The van der Waals surface area contributed by atoms with Gasteiger partial charge in [-0.2, -0.15) is 13.2 Å². The summed E-state index contributed by atoms with van der Waals surface area (Å²) in [7, 11) is 0. The first-order valence-electron chi connectivity index (χ1n) is 4.90. The SMILES string of the molecule is FC(F)(F)c1cccc(Oc2cc(Cl)nnc2Cl)c1. The van der Waals surface area contributed by atoms with Crippen molar-refractivity contribution in [3.05, 3.63) is 46.2 Å². The third-order valence-corrected chi connectivity index (χ3v) is 2.52. The summed E-state index contributed by atoms with van der Waals surface area (Å²) in [5.41, 5.74) is -0.825. The maximum Gasteiger partial charge on any atom is 0.416 e. The van der Waals surface area contributed by atoms with Crippen LogP contribution in [0.3, 0.4) is 0 Å². The van der Waals surface area contributed by atoms with E-state index in [1.165, 1.54) is 18.2 Å². The fourth-order valence-electron chi connectivity index (χ4n) is 1.27. The zero-order chi connectivity index (χ0) is 14.0. The quantitative estimate of drug-likeness (QED) is 0.813. The van der Waals surface area contributed by atoms with Gasteiger partial charge in [-0.3, -0.25) is 0 Å². The molecule has 1 aromatic carbocycles. The van der Waals surface area contributed by atoms with Gasteiger partial charge in [0.15, 0.2) is 16.1 Å². The Bertz CT molecular complexity index is 605. The molecule has 1 heterocycles. The molecule has 0 fully saturated rings. The molecule has 8 heteroatoms. The second-order valence-electron chi connectivity index (χ2n) is 3.45. The van der Waals surface area contributed by atoms with Gasteiger partial charge in [-0.25, -0.2) is 0 Å². The van der Waals surface area contributed by atoms with Crippen molar-refractivity contribution in [3.63, 3.8) is 0 Å². The van der Waals surface area contributed by atoms with Gasteiger partial charge in [0.2, 0.25) is 0 Å². The highest BCUT2D eigenvalue weighted by Crippen LogP contribution is 2.34. The Balaban J connectivity index is 2.31. The minimum Gasteiger partial charge on any atom is -0.454 e. The van der Waals surface area contributed by atoms with Crippen molar-refractivity contribution in [1.82, 2.24) is 10.2 Å². The molecule has 0 aliphatic carbocycles. The number of alkyl halides is 3. The van der Waals surface area contributed by atoms with Crippen LogP contribution in [0.2, 0.25) is 10.3 Å². The van der Waals surface area contributed by atoms with Crippen LogP contribution in [0.4, 0.5) is 13.2 Å². The van der Waals surface area contributed by atoms with Crippen LogP contribution in [0.5, 0.6) is 11.5 Å². The van der Waals surface area contributed by atoms with E-state index in [9.17, 15) is 13.2 Å². The van der Waals surface area contributed by atoms with Crippen molar-refractivity contribution in [2.24, 2.45) is 0 Å². The Morgan fingerprint density at radius 2 is 1.79 bits per heavy atom. The Labute approximate surface area is 115 Å². The molecule has 2 rings (SSSR count). The highest BCUT2D eigenvalue weighted by molar-refractivity contribution is 6.32. The van der Waals surface area contributed by atoms with Gasteiger partial charge in [-0.05, 0) is 18.2 Å². The van der Waals surface area contributed by atoms with Crippen LogP contribution >= 0.6 is 23.2 Å². The summed E-state index contributed by atoms with van der Waals surface area (Å²) in [5, 5.41) is 6.87. The molecule has 0 aliphatic rings. The van der Waals surface area contributed by atoms with E-state index in [0.29, 0.717) is 0 Å². The molecule has 0 amide bonds. The van der Waals surface area contributed by atoms with Crippen LogP contribution < -0.4 is 4.74 Å². The molecule has 0 saturated heterocycles. The molecule has 0 spiro atoms. The lowest BCUT2D eigenvalue weighted by Crippen LogP contribution is -2.04. The first kappa shape index (κ1) is 13.9. The zero-order valence-corrected chi connectivity index (χ0v) is 10.6. The highest BCUT2D eigenvalue weighted by Gasteiger charge is 2.30. The average Bonchev–Trinajstić information content (AvgIpc) is 2.33. The molecule has 19 heavy (non-hydrogen) atoms. The molecule has 0 unspecified atom stereocenters. The summed E-state index contributed by atoms with van der Waals surface area (Å²) in [6.45, 7) is 0. The van der Waals surface area contributed by atoms with Crippen molar-refractivity contribution >= 4 is 23.2 Å². The zero-order valence-electron chi connectivity index (χ0n) is 9.08. The van der Waals surface area contributed by atoms with E-state index in [1.54, 1.807) is 0 Å². The molecular weight excluding hydrogens is 304 g/mol. The minimum absolute atomic E-state index is 0.0198. The number of rotatable bonds is 2. The Hall–Kier alpha value is -1.53. The third kappa shape index (κ3) is 3.48. The second kappa shape index (κ2) is 5.22. The molecule has 0 atom stereocenters. The van der Waals surface area contributed by atoms with Crippen LogP contribution in [0.1, 0.15) is 5.56 Å². The summed E-state index contributed by atoms with van der Waals surface area (Å²) in [4.78, 5) is 0. The molecule has 0 saturated carbocycles. The van der Waals surface area contributed by atoms with Gasteiger partial charge in [-0.15, -0.1) is 10.2 Å². The fourth-order valence-corrected chi connectivity index (χ4v) is 1.54. The average molecular weight is 309 g/mol. The molecule has 3 nitrogen and oxygen atoms in total. The van der Waals surface area contributed by atoms with Crippen molar-refractivity contribution < 1.29 is 17.9 Å². The van der Waals surface area contributed by atoms with Crippen LogP contribution in [0, 0.1) is 0 Å². The van der Waals surface area contributed by atoms with E-state index < -0.39 is 11.7 Å². The molecule has 2 aromatic rings. The summed E-state index contributed by atoms with van der Waals surface area (Å²) in [6.07, 6.45) is -4.45. The smallest absolute Gasteiger partial charge is 0.416 e. The number of nitrogens with zero attached hydrogens (tertiary/aromatic N) is 2. The van der Waals surface area contributed by atoms with Crippen molar-refractivity contribution in [1.29, 1.82) is 0 Å². The lowest BCUT2D eigenvalue weighted by Gasteiger charge is -2.10. The topological polar surface area (TPSA) is 35.0 Å². The summed E-state index contributed by atoms with van der Waals surface area (Å²) >= 11 is 11.3. The van der Waals surface area contributed by atoms with E-state index in [-0.39, 0.29) is 21.8 Å². The number of aromatic nitrogens is 2. The lowest BCUT2D eigenvalue weighted by molar-refractivity contribution is -0.137. The summed E-state index contributed by atoms with van der Waals surface area (Å²) in [6, 6.07) is 5.64. The largest absolute Gasteiger partial charge is 0.454 e. The van der Waals surface area contributed by atoms with E-state index in [2.05, 4.69) is 10.2 Å². The van der Waals surface area contributed by atoms with Gasteiger partial charge in [-0.1, -0.05) is 29.3 Å². The fraction of sp³-hybridized carbons (Fsp3) is 0.0909. The standard InChI is InChI=1S/C11H5Cl2F3N2O/c12-9-5-8(10(13)18-17-9)19-7-3-1-2-6(4-7)11(14,15)16/h1-5H. The number of hydrogen-bond donors (Lipinski definition) is 0. The van der Waals surface area contributed by atoms with E-state index in [1.807, 2.05) is 0 Å². The first-order chi connectivity index (χ1) is 8.86. The first-order valence-corrected chi connectivity index (χ1v) is 5.66. The van der Waals surface area contributed by atoms with Crippen molar-refractivity contribution in [3.8, 4) is 11.5 Å². The third-order valence-electron chi connectivity index (χ3n) is 2.08. The Morgan fingerprint density at radius 3 is 2.47 bits per heavy atom. The summed E-state index contributed by atoms with van der Waals surface area (Å²) in [5.74, 6) is 0.00165. The van der Waals surface area contributed by atoms with Crippen LogP contribution in [0.15, 0.2) is 30.3 Å². The van der Waals surface area contributed by atoms with E-state index in [4.69, 9.17) is 27.9 Å². The van der Waals surface area contributed by atoms with Gasteiger partial charge < -0.3 is 4.74 Å². The van der Waals surface area contributed by atoms with Gasteiger partial charge >= 0.3 is 6.18 Å². The number of halogens is 5. The molecule has 0 bridgehead atoms. The maximum atomic E-state index is 12.5. The van der Waals surface area contributed by atoms with Gasteiger partial charge in [0.25, 0.3) is 0 Å². The van der Waals surface area contributed by atoms with Crippen LogP contribution in [-0.4, -0.2) is 10.2 Å². The van der Waals surface area contributed by atoms with Crippen LogP contribution in [-0.2, 0) is 6.18 Å². The molecule has 0 N–H and O–H groups in total. The number of hydrogen-bond acceptors (Lipinski definition) is 3. The number of ether oxygens (including phenoxy) is 1. The second-order valence-corrected chi connectivity index (χ2v) is 4.20. The predicted octanol–water partition coefficient (Wildman–Crippen LogP) is 4.59. The number of benzene rings is 1. The molecule has 1 aromatic heterocycles. The Morgan fingerprint density at radius 1 is 1.05 bits per heavy atom. The van der Waals surface area contributed by atoms with Crippen LogP contribution in [0.25, 0.3) is 0 Å². The Kier molecular flexibility index (Phi) is 3.82. The van der Waals surface area contributed by atoms with Gasteiger partial charge in [0, 0.05) is 6.07 Å². The maximum absolute atomic E-state index is 12.5. The molecule has 0 radical (unpaired) electrons. The molecule has 100 valence electrons. The minimum atomic E-state index is -4.45. The van der Waals surface area contributed by atoms with Gasteiger partial charge in [0.05, 0.1) is 5.56 Å². The van der Waals surface area contributed by atoms with Gasteiger partial charge in [0.1, 0.15) is 5.75 Å². The monoisotopic (exact) mass is 308 g/mol. The normalized spacial score (nSPS) is 11.4. The molecular formula is C11H5Cl2F3N2O.